The van der Waals surface area contributed by atoms with Gasteiger partial charge in [-0.25, -0.2) is 24.7 Å². The molecule has 0 fully saturated rings. The molecule has 2 aliphatic heterocycles. The van der Waals surface area contributed by atoms with Crippen molar-refractivity contribution in [2.24, 2.45) is 0 Å². The molecule has 0 atom stereocenters. The Morgan fingerprint density at radius 2 is 0.952 bits per heavy atom. The van der Waals surface area contributed by atoms with Crippen LogP contribution in [0, 0.1) is 0 Å². The zero-order valence-corrected chi connectivity index (χ0v) is 33.4. The molecule has 0 radical (unpaired) electrons. The minimum atomic E-state index is -0.833. The Hall–Kier alpha value is -8.85. The van der Waals surface area contributed by atoms with Gasteiger partial charge in [-0.05, 0) is 71.8 Å². The summed E-state index contributed by atoms with van der Waals surface area (Å²) in [7, 11) is 0. The molecule has 0 saturated heterocycles. The second kappa shape index (κ2) is 18.6. The van der Waals surface area contributed by atoms with Gasteiger partial charge in [-0.1, -0.05) is 84.9 Å². The third kappa shape index (κ3) is 9.47. The number of nitrogens with zero attached hydrogens (tertiary/aromatic N) is 3. The van der Waals surface area contributed by atoms with Crippen molar-refractivity contribution < 1.29 is 33.8 Å². The molecule has 312 valence electrons. The number of nitrogen functional groups attached to an aromatic ring is 1. The van der Waals surface area contributed by atoms with Gasteiger partial charge < -0.3 is 15.6 Å². The largest absolute Gasteiger partial charge is 0.481 e. The summed E-state index contributed by atoms with van der Waals surface area (Å²) in [6.07, 6.45) is 1.09. The number of carbonyl (C=O) groups is 5. The van der Waals surface area contributed by atoms with E-state index in [1.807, 2.05) is 78.9 Å². The summed E-state index contributed by atoms with van der Waals surface area (Å²) < 4.78 is 4.35. The average Bonchev–Trinajstić information content (AvgIpc) is 3.72. The van der Waals surface area contributed by atoms with Gasteiger partial charge in [0.2, 0.25) is 0 Å². The number of anilines is 2. The number of carboxylic acids is 1. The van der Waals surface area contributed by atoms with Gasteiger partial charge in [0.15, 0.2) is 0 Å². The number of carbonyl (C=O) groups excluding carboxylic acids is 4. The molecule has 10 rings (SSSR count). The fraction of sp³-hybridized carbons (Fsp3) is 0.0625. The zero-order chi connectivity index (χ0) is 44.6. The van der Waals surface area contributed by atoms with E-state index in [2.05, 4.69) is 25.1 Å². The maximum Gasteiger partial charge on any atom is 0.346 e. The predicted molar refractivity (Wildman–Crippen MR) is 235 cm³/mol. The fourth-order valence-electron chi connectivity index (χ4n) is 6.96. The lowest BCUT2D eigenvalue weighted by molar-refractivity contribution is -0.134. The molecule has 6 aromatic carbocycles. The van der Waals surface area contributed by atoms with Crippen LogP contribution < -0.4 is 21.8 Å². The van der Waals surface area contributed by atoms with Crippen molar-refractivity contribution in [1.82, 2.24) is 20.4 Å². The first-order valence-electron chi connectivity index (χ1n) is 19.3. The first-order valence-corrected chi connectivity index (χ1v) is 19.3. The number of ether oxygens (including phenoxy) is 1. The van der Waals surface area contributed by atoms with E-state index < -0.39 is 17.9 Å². The van der Waals surface area contributed by atoms with E-state index in [0.29, 0.717) is 51.6 Å². The Morgan fingerprint density at radius 1 is 0.556 bits per heavy atom. The van der Waals surface area contributed by atoms with Crippen molar-refractivity contribution in [3.63, 3.8) is 0 Å². The normalized spacial score (nSPS) is 12.2. The van der Waals surface area contributed by atoms with Crippen LogP contribution in [0.25, 0.3) is 21.5 Å². The molecule has 15 heteroatoms. The van der Waals surface area contributed by atoms with E-state index in [1.165, 1.54) is 4.90 Å². The first-order chi connectivity index (χ1) is 30.4. The summed E-state index contributed by atoms with van der Waals surface area (Å²) in [5.74, 6) is -2.58. The molecule has 0 bridgehead atoms. The molecule has 2 aromatic heterocycles. The molecule has 2 aliphatic rings. The highest BCUT2D eigenvalue weighted by Crippen LogP contribution is 2.29. The van der Waals surface area contributed by atoms with Crippen molar-refractivity contribution in [3.05, 3.63) is 211 Å². The van der Waals surface area contributed by atoms with Crippen molar-refractivity contribution in [1.29, 1.82) is 0 Å². The smallest absolute Gasteiger partial charge is 0.346 e. The first kappa shape index (κ1) is 42.3. The molecule has 0 spiro atoms. The summed E-state index contributed by atoms with van der Waals surface area (Å²) in [6.45, 7) is 1.08. The summed E-state index contributed by atoms with van der Waals surface area (Å²) in [5, 5.41) is 23.8. The number of carboxylic acid groups (broad SMARTS) is 1. The number of fused-ring (bicyclic) bond motifs is 4. The standard InChI is InChI=1S/C23H15N3O3.C15H13N3O.C8H4O3.C2H4O2/c27-21-17-9-2-1-8-16(17)20(24-25-21)13-14-6-5-7-15(12-14)26-22(28)18-10-3-4-11-19(18)23(26)29;16-11-5-3-4-10(8-11)9-14-12-6-1-2-7-13(12)15(19)18-17-14;9-7-5-3-1-2-4-6(5)8(10)11-7;1-2(3)4/h1-12H,13H2,(H,25,27);1-8H,9,16H2,(H,18,19);1-4H;1H3,(H,3,4). The molecular formula is C48H36N6O9. The van der Waals surface area contributed by atoms with Crippen LogP contribution in [-0.2, 0) is 22.4 Å². The van der Waals surface area contributed by atoms with Crippen LogP contribution >= 0.6 is 0 Å². The molecule has 8 aromatic rings. The topological polar surface area (TPSA) is 236 Å². The zero-order valence-electron chi connectivity index (χ0n) is 33.4. The minimum Gasteiger partial charge on any atom is -0.481 e. The molecular weight excluding hydrogens is 805 g/mol. The van der Waals surface area contributed by atoms with Gasteiger partial charge in [0.1, 0.15) is 0 Å². The van der Waals surface area contributed by atoms with Crippen molar-refractivity contribution in [3.8, 4) is 0 Å². The monoisotopic (exact) mass is 840 g/mol. The van der Waals surface area contributed by atoms with Crippen molar-refractivity contribution in [2.45, 2.75) is 19.8 Å². The van der Waals surface area contributed by atoms with E-state index in [0.717, 1.165) is 45.9 Å². The third-order valence-electron chi connectivity index (χ3n) is 9.76. The summed E-state index contributed by atoms with van der Waals surface area (Å²) in [6, 6.07) is 43.1. The van der Waals surface area contributed by atoms with Gasteiger partial charge in [0.05, 0.1) is 50.1 Å². The number of esters is 2. The van der Waals surface area contributed by atoms with Gasteiger partial charge in [0, 0.05) is 36.2 Å². The number of H-pyrrole nitrogens is 2. The number of hydrogen-bond donors (Lipinski definition) is 4. The van der Waals surface area contributed by atoms with Crippen LogP contribution in [0.3, 0.4) is 0 Å². The number of aliphatic carboxylic acids is 1. The number of amides is 2. The Kier molecular flexibility index (Phi) is 12.5. The molecule has 4 heterocycles. The van der Waals surface area contributed by atoms with Gasteiger partial charge in [-0.2, -0.15) is 10.2 Å². The number of imide groups is 1. The van der Waals surface area contributed by atoms with Gasteiger partial charge in [-0.3, -0.25) is 24.0 Å². The van der Waals surface area contributed by atoms with E-state index in [1.54, 1.807) is 66.7 Å². The molecule has 15 nitrogen and oxygen atoms in total. The Bertz CT molecular complexity index is 3140. The summed E-state index contributed by atoms with van der Waals surface area (Å²) in [5.41, 5.74) is 11.7. The second-order valence-electron chi connectivity index (χ2n) is 14.1. The van der Waals surface area contributed by atoms with Gasteiger partial charge in [0.25, 0.3) is 28.9 Å². The molecule has 0 unspecified atom stereocenters. The minimum absolute atomic E-state index is 0.160. The number of aromatic nitrogens is 4. The Labute approximate surface area is 357 Å². The van der Waals surface area contributed by atoms with E-state index >= 15 is 0 Å². The number of benzene rings is 6. The number of nitrogens with one attached hydrogen (secondary N) is 2. The van der Waals surface area contributed by atoms with Gasteiger partial charge in [-0.15, -0.1) is 0 Å². The lowest BCUT2D eigenvalue weighted by Crippen LogP contribution is -2.29. The number of cyclic esters (lactones) is 2. The second-order valence-corrected chi connectivity index (χ2v) is 14.1. The predicted octanol–water partition coefficient (Wildman–Crippen LogP) is 6.50. The van der Waals surface area contributed by atoms with Crippen LogP contribution in [0.1, 0.15) is 70.9 Å². The fourth-order valence-corrected chi connectivity index (χ4v) is 6.96. The van der Waals surface area contributed by atoms with Crippen LogP contribution in [0.5, 0.6) is 0 Å². The maximum atomic E-state index is 12.7. The van der Waals surface area contributed by atoms with Gasteiger partial charge >= 0.3 is 11.9 Å². The Morgan fingerprint density at radius 3 is 1.41 bits per heavy atom. The lowest BCUT2D eigenvalue weighted by atomic mass is 10.0. The summed E-state index contributed by atoms with van der Waals surface area (Å²) in [4.78, 5) is 81.0. The highest BCUT2D eigenvalue weighted by Gasteiger charge is 2.36. The number of nitrogens with two attached hydrogens (primary N) is 1. The molecule has 0 aliphatic carbocycles. The van der Waals surface area contributed by atoms with Crippen LogP contribution in [0.2, 0.25) is 0 Å². The van der Waals surface area contributed by atoms with Crippen molar-refractivity contribution in [2.75, 3.05) is 10.6 Å². The molecule has 63 heavy (non-hydrogen) atoms. The molecule has 0 saturated carbocycles. The highest BCUT2D eigenvalue weighted by molar-refractivity contribution is 6.34. The average molecular weight is 841 g/mol. The molecule has 2 amide bonds. The number of rotatable bonds is 5. The third-order valence-corrected chi connectivity index (χ3v) is 9.76. The Balaban J connectivity index is 0.000000149. The van der Waals surface area contributed by atoms with Crippen LogP contribution in [-0.4, -0.2) is 55.2 Å². The maximum absolute atomic E-state index is 12.7. The SMILES string of the molecule is CC(=O)O.Nc1cccc(Cc2n[nH]c(=O)c3ccccc23)c1.O=C1OC(=O)c2ccccc21.O=C1c2ccccc2C(=O)N1c1cccc(Cc2n[nH]c(=O)c3ccccc23)c1. The van der Waals surface area contributed by atoms with E-state index in [9.17, 15) is 28.8 Å². The van der Waals surface area contributed by atoms with E-state index in [4.69, 9.17) is 15.6 Å². The lowest BCUT2D eigenvalue weighted by Gasteiger charge is -2.15. The van der Waals surface area contributed by atoms with Crippen LogP contribution in [0.4, 0.5) is 11.4 Å². The summed E-state index contributed by atoms with van der Waals surface area (Å²) >= 11 is 0. The van der Waals surface area contributed by atoms with E-state index in [-0.39, 0.29) is 22.9 Å². The van der Waals surface area contributed by atoms with Crippen molar-refractivity contribution >= 4 is 62.6 Å². The quantitative estimate of drug-likeness (QED) is 0.0629. The number of aromatic amines is 2. The molecule has 5 N–H and O–H groups in total. The highest BCUT2D eigenvalue weighted by atomic mass is 16.6. The number of hydrogen-bond acceptors (Lipinski definition) is 11. The van der Waals surface area contributed by atoms with Crippen LogP contribution in [0.15, 0.2) is 155 Å².